The highest BCUT2D eigenvalue weighted by Gasteiger charge is 2.46. The minimum atomic E-state index is -5.59. The number of halogens is 4. The molecule has 0 bridgehead atoms. The van der Waals surface area contributed by atoms with E-state index in [-0.39, 0.29) is 5.56 Å². The van der Waals surface area contributed by atoms with Gasteiger partial charge in [-0.3, -0.25) is 4.72 Å². The molecule has 0 fully saturated rings. The predicted molar refractivity (Wildman–Crippen MR) is 57.0 cm³/mol. The normalized spacial score (nSPS) is 12.2. The lowest BCUT2D eigenvalue weighted by molar-refractivity contribution is -0.0429. The van der Waals surface area contributed by atoms with Crippen molar-refractivity contribution in [2.75, 3.05) is 4.72 Å². The zero-order valence-corrected chi connectivity index (χ0v) is 9.90. The quantitative estimate of drug-likeness (QED) is 0.897. The highest BCUT2D eigenvalue weighted by atomic mass is 35.5. The van der Waals surface area contributed by atoms with Gasteiger partial charge in [0.2, 0.25) is 0 Å². The molecule has 0 amide bonds. The van der Waals surface area contributed by atoms with Crippen LogP contribution < -0.4 is 4.72 Å². The summed E-state index contributed by atoms with van der Waals surface area (Å²) in [6, 6.07) is 2.58. The monoisotopic (exact) mass is 303 g/mol. The van der Waals surface area contributed by atoms with E-state index in [1.54, 1.807) is 0 Å². The van der Waals surface area contributed by atoms with Crippen molar-refractivity contribution < 1.29 is 31.5 Å². The van der Waals surface area contributed by atoms with E-state index in [1.807, 2.05) is 0 Å². The zero-order chi connectivity index (χ0) is 14.1. The maximum absolute atomic E-state index is 12.1. The third-order valence-corrected chi connectivity index (χ3v) is 3.18. The fraction of sp³-hybridized carbons (Fsp3) is 0.125. The summed E-state index contributed by atoms with van der Waals surface area (Å²) in [4.78, 5) is 10.5. The third kappa shape index (κ3) is 3.05. The maximum atomic E-state index is 12.1. The highest BCUT2D eigenvalue weighted by molar-refractivity contribution is 7.93. The van der Waals surface area contributed by atoms with Crippen molar-refractivity contribution in [3.8, 4) is 0 Å². The fourth-order valence-corrected chi connectivity index (χ4v) is 1.80. The van der Waals surface area contributed by atoms with Crippen molar-refractivity contribution in [3.05, 3.63) is 28.8 Å². The van der Waals surface area contributed by atoms with Crippen LogP contribution in [0.2, 0.25) is 5.02 Å². The SMILES string of the molecule is O=C(O)c1ccc(NS(=O)(=O)C(F)(F)F)c(Cl)c1. The molecule has 0 atom stereocenters. The van der Waals surface area contributed by atoms with Crippen LogP contribution in [0.1, 0.15) is 10.4 Å². The van der Waals surface area contributed by atoms with E-state index in [2.05, 4.69) is 0 Å². The molecule has 0 aromatic heterocycles. The highest BCUT2D eigenvalue weighted by Crippen LogP contribution is 2.29. The Morgan fingerprint density at radius 3 is 2.28 bits per heavy atom. The summed E-state index contributed by atoms with van der Waals surface area (Å²) in [6.45, 7) is 0. The first kappa shape index (κ1) is 14.6. The number of hydrogen-bond acceptors (Lipinski definition) is 3. The Labute approximate surface area is 104 Å². The van der Waals surface area contributed by atoms with Crippen LogP contribution in [0.3, 0.4) is 0 Å². The molecule has 10 heteroatoms. The molecule has 100 valence electrons. The van der Waals surface area contributed by atoms with Gasteiger partial charge in [0.25, 0.3) is 0 Å². The van der Waals surface area contributed by atoms with Crippen LogP contribution in [0, 0.1) is 0 Å². The lowest BCUT2D eigenvalue weighted by Crippen LogP contribution is -2.30. The van der Waals surface area contributed by atoms with Gasteiger partial charge in [-0.15, -0.1) is 0 Å². The summed E-state index contributed by atoms with van der Waals surface area (Å²) in [5.41, 5.74) is -6.32. The van der Waals surface area contributed by atoms with E-state index in [0.717, 1.165) is 18.2 Å². The number of anilines is 1. The lowest BCUT2D eigenvalue weighted by atomic mass is 10.2. The molecule has 18 heavy (non-hydrogen) atoms. The Hall–Kier alpha value is -1.48. The topological polar surface area (TPSA) is 83.5 Å². The number of nitrogens with one attached hydrogen (secondary N) is 1. The Kier molecular flexibility index (Phi) is 3.77. The number of carboxylic acids is 1. The van der Waals surface area contributed by atoms with Crippen LogP contribution in [-0.2, 0) is 10.0 Å². The molecule has 2 N–H and O–H groups in total. The molecular weight excluding hydrogens is 299 g/mol. The largest absolute Gasteiger partial charge is 0.516 e. The number of sulfonamides is 1. The van der Waals surface area contributed by atoms with E-state index in [4.69, 9.17) is 16.7 Å². The van der Waals surface area contributed by atoms with Gasteiger partial charge in [0.1, 0.15) is 0 Å². The standard InChI is InChI=1S/C8H5ClF3NO4S/c9-5-3-4(7(14)15)1-2-6(5)13-18(16,17)8(10,11)12/h1-3,13H,(H,14,15). The summed E-state index contributed by atoms with van der Waals surface area (Å²) in [6.07, 6.45) is 0. The van der Waals surface area contributed by atoms with Crippen molar-refractivity contribution >= 4 is 33.3 Å². The van der Waals surface area contributed by atoms with Gasteiger partial charge in [0, 0.05) is 0 Å². The first-order valence-electron chi connectivity index (χ1n) is 4.16. The van der Waals surface area contributed by atoms with Crippen molar-refractivity contribution in [1.29, 1.82) is 0 Å². The smallest absolute Gasteiger partial charge is 0.478 e. The molecule has 0 radical (unpaired) electrons. The summed E-state index contributed by atoms with van der Waals surface area (Å²) in [7, 11) is -5.59. The van der Waals surface area contributed by atoms with Gasteiger partial charge in [-0.05, 0) is 18.2 Å². The van der Waals surface area contributed by atoms with Crippen LogP contribution in [0.25, 0.3) is 0 Å². The number of alkyl halides is 3. The minimum Gasteiger partial charge on any atom is -0.478 e. The van der Waals surface area contributed by atoms with E-state index >= 15 is 0 Å². The van der Waals surface area contributed by atoms with Gasteiger partial charge >= 0.3 is 21.5 Å². The molecule has 0 unspecified atom stereocenters. The molecule has 1 aromatic rings. The van der Waals surface area contributed by atoms with Gasteiger partial charge in [0.05, 0.1) is 16.3 Å². The van der Waals surface area contributed by atoms with Crippen molar-refractivity contribution in [2.24, 2.45) is 0 Å². The Balaban J connectivity index is 3.11. The second-order valence-corrected chi connectivity index (χ2v) is 5.13. The van der Waals surface area contributed by atoms with Crippen LogP contribution in [0.5, 0.6) is 0 Å². The number of aromatic carboxylic acids is 1. The molecule has 0 aliphatic carbocycles. The van der Waals surface area contributed by atoms with E-state index in [9.17, 15) is 26.4 Å². The van der Waals surface area contributed by atoms with Crippen molar-refractivity contribution in [3.63, 3.8) is 0 Å². The number of hydrogen-bond donors (Lipinski definition) is 2. The molecule has 0 spiro atoms. The van der Waals surface area contributed by atoms with Crippen LogP contribution in [0.4, 0.5) is 18.9 Å². The molecule has 1 rings (SSSR count). The summed E-state index contributed by atoms with van der Waals surface area (Å²) >= 11 is 5.47. The molecule has 0 saturated carbocycles. The van der Waals surface area contributed by atoms with Gasteiger partial charge in [0.15, 0.2) is 0 Å². The van der Waals surface area contributed by atoms with Crippen LogP contribution >= 0.6 is 11.6 Å². The van der Waals surface area contributed by atoms with Crippen molar-refractivity contribution in [1.82, 2.24) is 0 Å². The molecule has 0 aliphatic heterocycles. The second kappa shape index (κ2) is 4.65. The zero-order valence-electron chi connectivity index (χ0n) is 8.32. The van der Waals surface area contributed by atoms with E-state index in [0.29, 0.717) is 0 Å². The molecule has 0 heterocycles. The number of carboxylic acid groups (broad SMARTS) is 1. The Morgan fingerprint density at radius 2 is 1.89 bits per heavy atom. The number of rotatable bonds is 3. The summed E-state index contributed by atoms with van der Waals surface area (Å²) < 4.78 is 59.0. The molecule has 1 aromatic carbocycles. The maximum Gasteiger partial charge on any atom is 0.516 e. The first-order valence-corrected chi connectivity index (χ1v) is 6.02. The fourth-order valence-electron chi connectivity index (χ4n) is 0.934. The Morgan fingerprint density at radius 1 is 1.33 bits per heavy atom. The summed E-state index contributed by atoms with van der Waals surface area (Å²) in [5, 5.41) is 8.13. The molecular formula is C8H5ClF3NO4S. The molecule has 0 aliphatic rings. The van der Waals surface area contributed by atoms with E-state index < -0.39 is 32.2 Å². The average Bonchev–Trinajstić information content (AvgIpc) is 2.18. The van der Waals surface area contributed by atoms with Gasteiger partial charge in [-0.25, -0.2) is 4.79 Å². The average molecular weight is 304 g/mol. The summed E-state index contributed by atoms with van der Waals surface area (Å²) in [5.74, 6) is -1.35. The predicted octanol–water partition coefficient (Wildman–Crippen LogP) is 2.30. The number of benzene rings is 1. The van der Waals surface area contributed by atoms with Gasteiger partial charge in [-0.2, -0.15) is 21.6 Å². The van der Waals surface area contributed by atoms with Crippen LogP contribution in [-0.4, -0.2) is 25.0 Å². The molecule has 0 saturated heterocycles. The lowest BCUT2D eigenvalue weighted by Gasteiger charge is -2.11. The van der Waals surface area contributed by atoms with Gasteiger partial charge < -0.3 is 5.11 Å². The number of carbonyl (C=O) groups is 1. The first-order chi connectivity index (χ1) is 8.04. The van der Waals surface area contributed by atoms with Gasteiger partial charge in [-0.1, -0.05) is 11.6 Å². The van der Waals surface area contributed by atoms with E-state index in [1.165, 1.54) is 4.72 Å². The minimum absolute atomic E-state index is 0.282. The van der Waals surface area contributed by atoms with Crippen LogP contribution in [0.15, 0.2) is 18.2 Å². The van der Waals surface area contributed by atoms with Crippen molar-refractivity contribution in [2.45, 2.75) is 5.51 Å². The Bertz CT molecular complexity index is 584. The second-order valence-electron chi connectivity index (χ2n) is 3.05. The molecule has 5 nitrogen and oxygen atoms in total. The third-order valence-electron chi connectivity index (χ3n) is 1.77.